The summed E-state index contributed by atoms with van der Waals surface area (Å²) in [5.74, 6) is 0. The molecule has 2 unspecified atom stereocenters. The van der Waals surface area contributed by atoms with Gasteiger partial charge in [-0.2, -0.15) is 5.10 Å². The third kappa shape index (κ3) is 4.06. The average Bonchev–Trinajstić information content (AvgIpc) is 2.88. The van der Waals surface area contributed by atoms with E-state index in [0.29, 0.717) is 17.5 Å². The maximum absolute atomic E-state index is 4.32. The van der Waals surface area contributed by atoms with Crippen molar-refractivity contribution in [3.05, 3.63) is 18.5 Å². The van der Waals surface area contributed by atoms with E-state index in [-0.39, 0.29) is 0 Å². The van der Waals surface area contributed by atoms with Crippen LogP contribution in [-0.4, -0.2) is 46.4 Å². The minimum Gasteiger partial charge on any atom is -0.311 e. The molecular formula is C16H30N4. The molecule has 0 radical (unpaired) electrons. The summed E-state index contributed by atoms with van der Waals surface area (Å²) in [6.45, 7) is 13.7. The summed E-state index contributed by atoms with van der Waals surface area (Å²) >= 11 is 0. The van der Waals surface area contributed by atoms with E-state index in [4.69, 9.17) is 0 Å². The van der Waals surface area contributed by atoms with E-state index >= 15 is 0 Å². The second kappa shape index (κ2) is 6.72. The number of hydrogen-bond acceptors (Lipinski definition) is 3. The van der Waals surface area contributed by atoms with Crippen LogP contribution in [0.3, 0.4) is 0 Å². The average molecular weight is 278 g/mol. The van der Waals surface area contributed by atoms with Gasteiger partial charge in [0, 0.05) is 44.1 Å². The highest BCUT2D eigenvalue weighted by Crippen LogP contribution is 2.27. The first-order chi connectivity index (χ1) is 9.50. The molecule has 0 aromatic carbocycles. The molecule has 2 atom stereocenters. The molecule has 1 aromatic heterocycles. The van der Waals surface area contributed by atoms with E-state index in [1.165, 1.54) is 12.8 Å². The highest BCUT2D eigenvalue weighted by Gasteiger charge is 2.34. The Labute approximate surface area is 123 Å². The predicted octanol–water partition coefficient (Wildman–Crippen LogP) is 2.37. The monoisotopic (exact) mass is 278 g/mol. The molecule has 4 heteroatoms. The van der Waals surface area contributed by atoms with E-state index < -0.39 is 0 Å². The molecule has 0 aliphatic carbocycles. The van der Waals surface area contributed by atoms with Crippen LogP contribution in [-0.2, 0) is 6.54 Å². The Morgan fingerprint density at radius 3 is 2.70 bits per heavy atom. The van der Waals surface area contributed by atoms with Crippen molar-refractivity contribution >= 4 is 0 Å². The molecular weight excluding hydrogens is 248 g/mol. The zero-order chi connectivity index (χ0) is 14.6. The number of nitrogens with one attached hydrogen (secondary N) is 1. The first-order valence-electron chi connectivity index (χ1n) is 7.95. The minimum absolute atomic E-state index is 0.314. The summed E-state index contributed by atoms with van der Waals surface area (Å²) in [7, 11) is 0. The standard InChI is InChI=1S/C16H30N4/c1-5-7-14-13-19(10-11-20-9-6-8-18-20)15(12-17-14)16(2,3)4/h6,8-9,14-15,17H,5,7,10-13H2,1-4H3. The van der Waals surface area contributed by atoms with Crippen LogP contribution in [0.1, 0.15) is 40.5 Å². The molecule has 0 amide bonds. The highest BCUT2D eigenvalue weighted by atomic mass is 15.3. The van der Waals surface area contributed by atoms with Gasteiger partial charge in [-0.25, -0.2) is 0 Å². The van der Waals surface area contributed by atoms with Gasteiger partial charge in [0.05, 0.1) is 6.54 Å². The van der Waals surface area contributed by atoms with E-state index in [0.717, 1.165) is 26.2 Å². The van der Waals surface area contributed by atoms with Crippen LogP contribution in [0.25, 0.3) is 0 Å². The molecule has 1 aromatic rings. The fourth-order valence-corrected chi connectivity index (χ4v) is 3.19. The van der Waals surface area contributed by atoms with Crippen LogP contribution in [0, 0.1) is 5.41 Å². The molecule has 114 valence electrons. The van der Waals surface area contributed by atoms with Crippen LogP contribution >= 0.6 is 0 Å². The molecule has 1 saturated heterocycles. The second-order valence-electron chi connectivity index (χ2n) is 7.04. The van der Waals surface area contributed by atoms with Crippen molar-refractivity contribution in [3.8, 4) is 0 Å². The lowest BCUT2D eigenvalue weighted by Gasteiger charge is -2.46. The molecule has 0 saturated carbocycles. The lowest BCUT2D eigenvalue weighted by Crippen LogP contribution is -2.60. The summed E-state index contributed by atoms with van der Waals surface area (Å²) in [4.78, 5) is 2.67. The molecule has 4 nitrogen and oxygen atoms in total. The van der Waals surface area contributed by atoms with Gasteiger partial charge < -0.3 is 5.32 Å². The third-order valence-electron chi connectivity index (χ3n) is 4.31. The van der Waals surface area contributed by atoms with Gasteiger partial charge in [0.15, 0.2) is 0 Å². The van der Waals surface area contributed by atoms with Crippen LogP contribution in [0.4, 0.5) is 0 Å². The van der Waals surface area contributed by atoms with Gasteiger partial charge in [-0.05, 0) is 17.9 Å². The van der Waals surface area contributed by atoms with Crippen LogP contribution < -0.4 is 5.32 Å². The minimum atomic E-state index is 0.314. The SMILES string of the molecule is CCCC1CN(CCn2cccn2)C(C(C)(C)C)CN1. The van der Waals surface area contributed by atoms with E-state index in [1.54, 1.807) is 0 Å². The predicted molar refractivity (Wildman–Crippen MR) is 83.7 cm³/mol. The van der Waals surface area contributed by atoms with Crippen LogP contribution in [0.5, 0.6) is 0 Å². The van der Waals surface area contributed by atoms with Crippen molar-refractivity contribution in [1.29, 1.82) is 0 Å². The van der Waals surface area contributed by atoms with Gasteiger partial charge in [0.1, 0.15) is 0 Å². The topological polar surface area (TPSA) is 33.1 Å². The van der Waals surface area contributed by atoms with Gasteiger partial charge in [-0.3, -0.25) is 9.58 Å². The van der Waals surface area contributed by atoms with E-state index in [1.807, 2.05) is 16.9 Å². The third-order valence-corrected chi connectivity index (χ3v) is 4.31. The molecule has 0 bridgehead atoms. The quantitative estimate of drug-likeness (QED) is 0.897. The molecule has 1 N–H and O–H groups in total. The highest BCUT2D eigenvalue weighted by molar-refractivity contribution is 4.92. The molecule has 20 heavy (non-hydrogen) atoms. The van der Waals surface area contributed by atoms with E-state index in [2.05, 4.69) is 49.2 Å². The van der Waals surface area contributed by atoms with Crippen molar-refractivity contribution < 1.29 is 0 Å². The van der Waals surface area contributed by atoms with Crippen molar-refractivity contribution in [3.63, 3.8) is 0 Å². The Balaban J connectivity index is 1.97. The van der Waals surface area contributed by atoms with Crippen LogP contribution in [0.2, 0.25) is 0 Å². The number of aromatic nitrogens is 2. The van der Waals surface area contributed by atoms with Crippen LogP contribution in [0.15, 0.2) is 18.5 Å². The van der Waals surface area contributed by atoms with Crippen molar-refractivity contribution in [1.82, 2.24) is 20.0 Å². The van der Waals surface area contributed by atoms with E-state index in [9.17, 15) is 0 Å². The molecule has 1 fully saturated rings. The number of piperazine rings is 1. The Morgan fingerprint density at radius 1 is 1.30 bits per heavy atom. The largest absolute Gasteiger partial charge is 0.311 e. The van der Waals surface area contributed by atoms with Crippen molar-refractivity contribution in [2.75, 3.05) is 19.6 Å². The molecule has 1 aliphatic rings. The number of nitrogens with zero attached hydrogens (tertiary/aromatic N) is 3. The van der Waals surface area contributed by atoms with Crippen molar-refractivity contribution in [2.24, 2.45) is 5.41 Å². The fourth-order valence-electron chi connectivity index (χ4n) is 3.19. The normalized spacial score (nSPS) is 25.0. The summed E-state index contributed by atoms with van der Waals surface area (Å²) in [5, 5.41) is 8.05. The Morgan fingerprint density at radius 2 is 2.10 bits per heavy atom. The summed E-state index contributed by atoms with van der Waals surface area (Å²) < 4.78 is 2.04. The molecule has 2 rings (SSSR count). The summed E-state index contributed by atoms with van der Waals surface area (Å²) in [6.07, 6.45) is 6.44. The van der Waals surface area contributed by atoms with Gasteiger partial charge in [-0.15, -0.1) is 0 Å². The van der Waals surface area contributed by atoms with Gasteiger partial charge >= 0.3 is 0 Å². The van der Waals surface area contributed by atoms with Gasteiger partial charge in [0.2, 0.25) is 0 Å². The number of hydrogen-bond donors (Lipinski definition) is 1. The summed E-state index contributed by atoms with van der Waals surface area (Å²) in [5.41, 5.74) is 0.314. The molecule has 1 aliphatic heterocycles. The Hall–Kier alpha value is -0.870. The zero-order valence-corrected chi connectivity index (χ0v) is 13.5. The molecule has 2 heterocycles. The first-order valence-corrected chi connectivity index (χ1v) is 7.95. The lowest BCUT2D eigenvalue weighted by molar-refractivity contribution is 0.0503. The summed E-state index contributed by atoms with van der Waals surface area (Å²) in [6, 6.07) is 3.25. The van der Waals surface area contributed by atoms with Gasteiger partial charge in [-0.1, -0.05) is 34.1 Å². The smallest absolute Gasteiger partial charge is 0.0536 e. The number of rotatable bonds is 5. The second-order valence-corrected chi connectivity index (χ2v) is 7.04. The first kappa shape index (κ1) is 15.5. The zero-order valence-electron chi connectivity index (χ0n) is 13.5. The van der Waals surface area contributed by atoms with Crippen molar-refractivity contribution in [2.45, 2.75) is 59.2 Å². The lowest BCUT2D eigenvalue weighted by atomic mass is 9.83. The van der Waals surface area contributed by atoms with Gasteiger partial charge in [0.25, 0.3) is 0 Å². The Bertz CT molecular complexity index is 380. The maximum atomic E-state index is 4.32. The fraction of sp³-hybridized carbons (Fsp3) is 0.812. The Kier molecular flexibility index (Phi) is 5.22. The molecule has 0 spiro atoms. The maximum Gasteiger partial charge on any atom is 0.0536 e.